The molecule has 2 nitrogen and oxygen atoms in total. The van der Waals surface area contributed by atoms with Crippen molar-refractivity contribution >= 4 is 24.5 Å². The van der Waals surface area contributed by atoms with Crippen LogP contribution in [0.5, 0.6) is 0 Å². The van der Waals surface area contributed by atoms with Gasteiger partial charge in [-0.2, -0.15) is 0 Å². The second-order valence-electron chi connectivity index (χ2n) is 5.34. The zero-order valence-corrected chi connectivity index (χ0v) is 14.8. The first-order valence-electron chi connectivity index (χ1n) is 7.53. The van der Waals surface area contributed by atoms with Crippen molar-refractivity contribution in [2.45, 2.75) is 19.1 Å². The van der Waals surface area contributed by atoms with Gasteiger partial charge in [0.25, 0.3) is 0 Å². The van der Waals surface area contributed by atoms with Crippen LogP contribution in [0.4, 0.5) is 0 Å². The van der Waals surface area contributed by atoms with Crippen molar-refractivity contribution in [1.29, 1.82) is 0 Å². The van der Waals surface area contributed by atoms with Crippen molar-refractivity contribution in [2.75, 3.05) is 13.2 Å². The minimum atomic E-state index is -0.225. The summed E-state index contributed by atoms with van der Waals surface area (Å²) in [5, 5.41) is 0. The number of hydrogen-bond donors (Lipinski definition) is 0. The zero-order valence-electron chi connectivity index (χ0n) is 12.5. The van der Waals surface area contributed by atoms with Gasteiger partial charge >= 0.3 is 142 Å². The van der Waals surface area contributed by atoms with Crippen LogP contribution in [-0.4, -0.2) is 40.2 Å². The van der Waals surface area contributed by atoms with Crippen LogP contribution in [0, 0.1) is 0 Å². The van der Waals surface area contributed by atoms with Crippen LogP contribution < -0.4 is 3.61 Å². The summed E-state index contributed by atoms with van der Waals surface area (Å²) in [5.74, 6) is 0. The molecule has 0 radical (unpaired) electrons. The molecule has 22 heavy (non-hydrogen) atoms. The Bertz CT molecular complexity index is 595. The molecule has 1 atom stereocenters. The van der Waals surface area contributed by atoms with Gasteiger partial charge in [0.1, 0.15) is 0 Å². The van der Waals surface area contributed by atoms with Crippen LogP contribution in [0.3, 0.4) is 0 Å². The third kappa shape index (κ3) is 4.97. The van der Waals surface area contributed by atoms with Gasteiger partial charge in [0.05, 0.1) is 0 Å². The quantitative estimate of drug-likeness (QED) is 0.685. The van der Waals surface area contributed by atoms with E-state index >= 15 is 0 Å². The van der Waals surface area contributed by atoms with Gasteiger partial charge in [-0.15, -0.1) is 0 Å². The Morgan fingerprint density at radius 1 is 1.05 bits per heavy atom. The normalized spacial score (nSPS) is 19.6. The van der Waals surface area contributed by atoms with E-state index in [-0.39, 0.29) is 27.0 Å². The Kier molecular flexibility index (Phi) is 6.10. The summed E-state index contributed by atoms with van der Waals surface area (Å²) in [6, 6.07) is 21.0. The molecule has 1 aliphatic rings. The molecule has 1 aliphatic heterocycles. The first kappa shape index (κ1) is 15.8. The third-order valence-corrected chi connectivity index (χ3v) is 6.36. The maximum atomic E-state index is 5.82. The summed E-state index contributed by atoms with van der Waals surface area (Å²) in [4.78, 5) is 0. The van der Waals surface area contributed by atoms with Crippen LogP contribution in [0.2, 0.25) is 0 Å². The van der Waals surface area contributed by atoms with E-state index in [2.05, 4.69) is 46.6 Å². The Balaban J connectivity index is 1.40. The fraction of sp³-hybridized carbons (Fsp3) is 0.263. The van der Waals surface area contributed by atoms with Gasteiger partial charge in [-0.1, -0.05) is 0 Å². The fourth-order valence-electron chi connectivity index (χ4n) is 2.36. The maximum absolute atomic E-state index is 5.82. The molecule has 0 bridgehead atoms. The molecule has 1 fully saturated rings. The van der Waals surface area contributed by atoms with Crippen LogP contribution in [0.25, 0.3) is 0 Å². The van der Waals surface area contributed by atoms with Crippen molar-refractivity contribution in [3.8, 4) is 0 Å². The second kappa shape index (κ2) is 8.50. The van der Waals surface area contributed by atoms with Crippen LogP contribution in [0.15, 0.2) is 70.4 Å². The van der Waals surface area contributed by atoms with E-state index in [0.29, 0.717) is 13.2 Å². The Hall–Kier alpha value is -1.11. The Morgan fingerprint density at radius 2 is 1.77 bits per heavy atom. The molecule has 3 heteroatoms. The van der Waals surface area contributed by atoms with Crippen molar-refractivity contribution in [1.82, 2.24) is 0 Å². The van der Waals surface area contributed by atoms with Crippen molar-refractivity contribution in [3.63, 3.8) is 0 Å². The molecule has 3 rings (SSSR count). The molecule has 2 aromatic carbocycles. The zero-order chi connectivity index (χ0) is 15.0. The molecule has 0 amide bonds. The SMILES string of the molecule is C(/[Te]c1ccccc1)=C1/COC(COCc2ccccc2)C1. The predicted octanol–water partition coefficient (Wildman–Crippen LogP) is 2.91. The van der Waals surface area contributed by atoms with Crippen LogP contribution >= 0.6 is 0 Å². The standard InChI is InChI=1S/C19H20O2Te/c1-3-7-16(8-4-1)12-20-14-18-11-17(13-21-18)15-22-19-9-5-2-6-10-19/h1-10,15,18H,11-14H2/b17-15-. The molecular formula is C19H20O2Te. The molecule has 1 unspecified atom stereocenters. The summed E-state index contributed by atoms with van der Waals surface area (Å²) in [6.07, 6.45) is 1.24. The Labute approximate surface area is 142 Å². The van der Waals surface area contributed by atoms with E-state index in [9.17, 15) is 0 Å². The molecule has 0 aliphatic carbocycles. The molecule has 1 heterocycles. The number of ether oxygens (including phenoxy) is 2. The number of rotatable bonds is 6. The van der Waals surface area contributed by atoms with Crippen LogP contribution in [-0.2, 0) is 16.1 Å². The van der Waals surface area contributed by atoms with Crippen molar-refractivity contribution in [3.05, 3.63) is 75.9 Å². The van der Waals surface area contributed by atoms with E-state index in [0.717, 1.165) is 13.0 Å². The van der Waals surface area contributed by atoms with Gasteiger partial charge in [-0.05, 0) is 0 Å². The minimum absolute atomic E-state index is 0.221. The molecule has 1 saturated heterocycles. The fourth-order valence-corrected chi connectivity index (χ4v) is 4.59. The molecule has 0 saturated carbocycles. The van der Waals surface area contributed by atoms with E-state index in [1.807, 2.05) is 18.2 Å². The van der Waals surface area contributed by atoms with E-state index < -0.39 is 0 Å². The molecular weight excluding hydrogens is 388 g/mol. The molecule has 0 spiro atoms. The summed E-state index contributed by atoms with van der Waals surface area (Å²) in [6.45, 7) is 2.12. The number of benzene rings is 2. The van der Waals surface area contributed by atoms with Gasteiger partial charge in [0.2, 0.25) is 0 Å². The summed E-state index contributed by atoms with van der Waals surface area (Å²) in [7, 11) is 0. The van der Waals surface area contributed by atoms with Gasteiger partial charge in [-0.3, -0.25) is 0 Å². The van der Waals surface area contributed by atoms with Gasteiger partial charge in [0.15, 0.2) is 0 Å². The van der Waals surface area contributed by atoms with Gasteiger partial charge in [-0.25, -0.2) is 0 Å². The predicted molar refractivity (Wildman–Crippen MR) is 90.4 cm³/mol. The average Bonchev–Trinajstić information content (AvgIpc) is 3.03. The van der Waals surface area contributed by atoms with Crippen molar-refractivity contribution < 1.29 is 9.47 Å². The molecule has 2 aromatic rings. The third-order valence-electron chi connectivity index (χ3n) is 3.51. The Morgan fingerprint density at radius 3 is 2.55 bits per heavy atom. The van der Waals surface area contributed by atoms with Gasteiger partial charge < -0.3 is 0 Å². The molecule has 114 valence electrons. The second-order valence-corrected chi connectivity index (χ2v) is 8.04. The summed E-state index contributed by atoms with van der Waals surface area (Å²) < 4.78 is 15.5. The average molecular weight is 408 g/mol. The van der Waals surface area contributed by atoms with Crippen LogP contribution in [0.1, 0.15) is 12.0 Å². The first-order valence-corrected chi connectivity index (χ1v) is 10.0. The van der Waals surface area contributed by atoms with E-state index in [1.54, 1.807) is 0 Å². The topological polar surface area (TPSA) is 18.5 Å². The molecule has 0 aromatic heterocycles. The van der Waals surface area contributed by atoms with E-state index in [1.165, 1.54) is 14.7 Å². The number of hydrogen-bond acceptors (Lipinski definition) is 2. The van der Waals surface area contributed by atoms with Gasteiger partial charge in [0, 0.05) is 0 Å². The summed E-state index contributed by atoms with van der Waals surface area (Å²) in [5.41, 5.74) is 2.66. The van der Waals surface area contributed by atoms with E-state index in [4.69, 9.17) is 9.47 Å². The monoisotopic (exact) mass is 410 g/mol. The first-order chi connectivity index (χ1) is 10.9. The molecule has 0 N–H and O–H groups in total. The summed E-state index contributed by atoms with van der Waals surface area (Å²) >= 11 is -0.225. The van der Waals surface area contributed by atoms with Crippen molar-refractivity contribution in [2.24, 2.45) is 0 Å².